The van der Waals surface area contributed by atoms with E-state index in [9.17, 15) is 14.9 Å². The van der Waals surface area contributed by atoms with Gasteiger partial charge >= 0.3 is 0 Å². The smallest absolute Gasteiger partial charge is 0.270 e. The van der Waals surface area contributed by atoms with E-state index in [4.69, 9.17) is 16.3 Å². The Morgan fingerprint density at radius 3 is 2.84 bits per heavy atom. The molecular formula is C12H15ClN2O4. The lowest BCUT2D eigenvalue weighted by Gasteiger charge is -2.12. The van der Waals surface area contributed by atoms with Gasteiger partial charge in [0.05, 0.1) is 21.6 Å². The molecule has 104 valence electrons. The van der Waals surface area contributed by atoms with Crippen molar-refractivity contribution in [2.24, 2.45) is 0 Å². The van der Waals surface area contributed by atoms with Gasteiger partial charge < -0.3 is 10.1 Å². The molecule has 0 bridgehead atoms. The molecule has 0 saturated heterocycles. The minimum Gasteiger partial charge on any atom is -0.377 e. The fourth-order valence-electron chi connectivity index (χ4n) is 1.48. The lowest BCUT2D eigenvalue weighted by atomic mass is 10.2. The molecule has 0 fully saturated rings. The van der Waals surface area contributed by atoms with E-state index in [0.29, 0.717) is 13.2 Å². The highest BCUT2D eigenvalue weighted by Crippen LogP contribution is 2.21. The molecule has 1 rings (SSSR count). The number of carbonyl (C=O) groups excluding carboxylic acids is 1. The first-order valence-corrected chi connectivity index (χ1v) is 6.17. The van der Waals surface area contributed by atoms with Gasteiger partial charge in [-0.15, -0.1) is 0 Å². The maximum absolute atomic E-state index is 11.9. The molecule has 0 heterocycles. The molecule has 1 amide bonds. The van der Waals surface area contributed by atoms with Crippen LogP contribution < -0.4 is 5.32 Å². The number of hydrogen-bond donors (Lipinski definition) is 1. The highest BCUT2D eigenvalue weighted by Gasteiger charge is 2.16. The Bertz CT molecular complexity index is 479. The highest BCUT2D eigenvalue weighted by atomic mass is 35.5. The van der Waals surface area contributed by atoms with Crippen LogP contribution in [0.1, 0.15) is 24.2 Å². The van der Waals surface area contributed by atoms with Crippen LogP contribution in [-0.4, -0.2) is 30.1 Å². The molecule has 0 aliphatic heterocycles. The van der Waals surface area contributed by atoms with Crippen LogP contribution in [0.2, 0.25) is 5.02 Å². The summed E-state index contributed by atoms with van der Waals surface area (Å²) >= 11 is 5.86. The molecule has 1 aromatic rings. The van der Waals surface area contributed by atoms with E-state index in [-0.39, 0.29) is 22.4 Å². The van der Waals surface area contributed by atoms with Crippen molar-refractivity contribution in [3.63, 3.8) is 0 Å². The lowest BCUT2D eigenvalue weighted by Crippen LogP contribution is -2.32. The Morgan fingerprint density at radius 1 is 1.58 bits per heavy atom. The standard InChI is InChI=1S/C12H15ClN2O4/c1-3-19-8(2)7-14-12(16)10-6-9(15(17)18)4-5-11(10)13/h4-6,8H,3,7H2,1-2H3,(H,14,16). The third kappa shape index (κ3) is 4.50. The molecule has 0 saturated carbocycles. The fourth-order valence-corrected chi connectivity index (χ4v) is 1.68. The largest absolute Gasteiger partial charge is 0.377 e. The maximum atomic E-state index is 11.9. The Morgan fingerprint density at radius 2 is 2.26 bits per heavy atom. The second-order valence-electron chi connectivity index (χ2n) is 3.90. The number of halogens is 1. The predicted octanol–water partition coefficient (Wildman–Crippen LogP) is 2.40. The molecule has 0 spiro atoms. The van der Waals surface area contributed by atoms with E-state index in [0.717, 1.165) is 6.07 Å². The molecular weight excluding hydrogens is 272 g/mol. The Labute approximate surface area is 115 Å². The minimum absolute atomic E-state index is 0.0829. The van der Waals surface area contributed by atoms with E-state index >= 15 is 0 Å². The van der Waals surface area contributed by atoms with Crippen LogP contribution in [0.25, 0.3) is 0 Å². The first kappa shape index (κ1) is 15.4. The molecule has 1 aromatic carbocycles. The maximum Gasteiger partial charge on any atom is 0.270 e. The highest BCUT2D eigenvalue weighted by molar-refractivity contribution is 6.33. The number of ether oxygens (including phenoxy) is 1. The molecule has 1 N–H and O–H groups in total. The number of nitrogens with one attached hydrogen (secondary N) is 1. The molecule has 0 radical (unpaired) electrons. The number of nitrogens with zero attached hydrogens (tertiary/aromatic N) is 1. The zero-order valence-electron chi connectivity index (χ0n) is 10.7. The van der Waals surface area contributed by atoms with Crippen LogP contribution in [-0.2, 0) is 4.74 Å². The molecule has 6 nitrogen and oxygen atoms in total. The summed E-state index contributed by atoms with van der Waals surface area (Å²) < 4.78 is 5.26. The van der Waals surface area contributed by atoms with E-state index < -0.39 is 10.8 Å². The average Bonchev–Trinajstić information content (AvgIpc) is 2.36. The molecule has 1 atom stereocenters. The van der Waals surface area contributed by atoms with E-state index in [1.807, 2.05) is 13.8 Å². The second-order valence-corrected chi connectivity index (χ2v) is 4.30. The lowest BCUT2D eigenvalue weighted by molar-refractivity contribution is -0.384. The summed E-state index contributed by atoms with van der Waals surface area (Å²) in [6.07, 6.45) is -0.133. The Kier molecular flexibility index (Phi) is 5.72. The Hall–Kier alpha value is -1.66. The fraction of sp³-hybridized carbons (Fsp3) is 0.417. The monoisotopic (exact) mass is 286 g/mol. The van der Waals surface area contributed by atoms with Gasteiger partial charge in [0.15, 0.2) is 0 Å². The third-order valence-corrected chi connectivity index (χ3v) is 2.74. The topological polar surface area (TPSA) is 81.5 Å². The van der Waals surface area contributed by atoms with Crippen molar-refractivity contribution in [1.29, 1.82) is 0 Å². The summed E-state index contributed by atoms with van der Waals surface area (Å²) in [5.41, 5.74) is -0.0908. The summed E-state index contributed by atoms with van der Waals surface area (Å²) in [6, 6.07) is 3.74. The molecule has 7 heteroatoms. The third-order valence-electron chi connectivity index (χ3n) is 2.41. The minimum atomic E-state index is -0.573. The van der Waals surface area contributed by atoms with Gasteiger partial charge in [-0.05, 0) is 19.9 Å². The zero-order chi connectivity index (χ0) is 14.4. The first-order chi connectivity index (χ1) is 8.95. The van der Waals surface area contributed by atoms with Crippen molar-refractivity contribution >= 4 is 23.2 Å². The average molecular weight is 287 g/mol. The van der Waals surface area contributed by atoms with Crippen LogP contribution in [0.4, 0.5) is 5.69 Å². The van der Waals surface area contributed by atoms with E-state index in [1.165, 1.54) is 12.1 Å². The number of amides is 1. The number of nitro benzene ring substituents is 1. The Balaban J connectivity index is 2.76. The van der Waals surface area contributed by atoms with Gasteiger partial charge in [-0.1, -0.05) is 11.6 Å². The van der Waals surface area contributed by atoms with Crippen molar-refractivity contribution < 1.29 is 14.5 Å². The quantitative estimate of drug-likeness (QED) is 0.643. The van der Waals surface area contributed by atoms with Crippen LogP contribution in [0.3, 0.4) is 0 Å². The SMILES string of the molecule is CCOC(C)CNC(=O)c1cc([N+](=O)[O-])ccc1Cl. The van der Waals surface area contributed by atoms with Gasteiger partial charge in [-0.3, -0.25) is 14.9 Å². The van der Waals surface area contributed by atoms with E-state index in [1.54, 1.807) is 0 Å². The van der Waals surface area contributed by atoms with Crippen LogP contribution in [0.15, 0.2) is 18.2 Å². The summed E-state index contributed by atoms with van der Waals surface area (Å²) in [7, 11) is 0. The normalized spacial score (nSPS) is 11.9. The van der Waals surface area contributed by atoms with Gasteiger partial charge in [-0.2, -0.15) is 0 Å². The summed E-state index contributed by atoms with van der Waals surface area (Å²) in [6.45, 7) is 4.54. The number of rotatable bonds is 6. The van der Waals surface area contributed by atoms with Gasteiger partial charge in [0.2, 0.25) is 0 Å². The van der Waals surface area contributed by atoms with Crippen molar-refractivity contribution in [3.8, 4) is 0 Å². The number of carbonyl (C=O) groups is 1. The number of hydrogen-bond acceptors (Lipinski definition) is 4. The van der Waals surface area contributed by atoms with Gasteiger partial charge in [-0.25, -0.2) is 0 Å². The summed E-state index contributed by atoms with van der Waals surface area (Å²) in [5.74, 6) is -0.458. The van der Waals surface area contributed by atoms with Crippen molar-refractivity contribution in [3.05, 3.63) is 38.9 Å². The summed E-state index contributed by atoms with van der Waals surface area (Å²) in [4.78, 5) is 22.0. The molecule has 0 aromatic heterocycles. The molecule has 0 aliphatic carbocycles. The number of benzene rings is 1. The van der Waals surface area contributed by atoms with Crippen LogP contribution >= 0.6 is 11.6 Å². The first-order valence-electron chi connectivity index (χ1n) is 5.79. The van der Waals surface area contributed by atoms with Crippen molar-refractivity contribution in [2.75, 3.05) is 13.2 Å². The van der Waals surface area contributed by atoms with E-state index in [2.05, 4.69) is 5.32 Å². The predicted molar refractivity (Wildman–Crippen MR) is 71.5 cm³/mol. The van der Waals surface area contributed by atoms with Gasteiger partial charge in [0, 0.05) is 25.3 Å². The second kappa shape index (κ2) is 7.06. The van der Waals surface area contributed by atoms with Crippen molar-refractivity contribution in [2.45, 2.75) is 20.0 Å². The van der Waals surface area contributed by atoms with Gasteiger partial charge in [0.25, 0.3) is 11.6 Å². The van der Waals surface area contributed by atoms with Crippen LogP contribution in [0, 0.1) is 10.1 Å². The summed E-state index contributed by atoms with van der Waals surface area (Å²) in [5, 5.41) is 13.4. The molecule has 1 unspecified atom stereocenters. The van der Waals surface area contributed by atoms with Gasteiger partial charge in [0.1, 0.15) is 0 Å². The number of nitro groups is 1. The molecule has 19 heavy (non-hydrogen) atoms. The number of non-ortho nitro benzene ring substituents is 1. The van der Waals surface area contributed by atoms with Crippen LogP contribution in [0.5, 0.6) is 0 Å². The molecule has 0 aliphatic rings. The van der Waals surface area contributed by atoms with Crippen molar-refractivity contribution in [1.82, 2.24) is 5.32 Å². The zero-order valence-corrected chi connectivity index (χ0v) is 11.4.